The number of carbonyl (C=O) groups excluding carboxylic acids is 3. The molecule has 0 aliphatic rings. The molecule has 6 nitrogen and oxygen atoms in total. The number of unbranched alkanes of at least 4 members (excludes halogenated alkanes) is 42. The quantitative estimate of drug-likeness (QED) is 0.0261. The highest BCUT2D eigenvalue weighted by atomic mass is 16.6. The van der Waals surface area contributed by atoms with Gasteiger partial charge in [-0.05, 0) is 70.6 Å². The van der Waals surface area contributed by atoms with Crippen LogP contribution in [-0.2, 0) is 28.6 Å². The van der Waals surface area contributed by atoms with E-state index in [1.54, 1.807) is 0 Å². The zero-order valence-corrected chi connectivity index (χ0v) is 46.6. The zero-order chi connectivity index (χ0) is 50.0. The van der Waals surface area contributed by atoms with Crippen LogP contribution >= 0.6 is 0 Å². The molecular weight excluding hydrogens is 853 g/mol. The number of rotatable bonds is 57. The first kappa shape index (κ1) is 66.9. The molecule has 0 saturated carbocycles. The van der Waals surface area contributed by atoms with Crippen molar-refractivity contribution in [2.24, 2.45) is 0 Å². The lowest BCUT2D eigenvalue weighted by Crippen LogP contribution is -2.30. The number of hydrogen-bond donors (Lipinski definition) is 0. The Kier molecular flexibility index (Phi) is 56.7. The van der Waals surface area contributed by atoms with Crippen molar-refractivity contribution in [1.29, 1.82) is 0 Å². The Morgan fingerprint density at radius 3 is 0.725 bits per heavy atom. The Balaban J connectivity index is 4.34. The van der Waals surface area contributed by atoms with E-state index < -0.39 is 6.10 Å². The third kappa shape index (κ3) is 56.7. The minimum atomic E-state index is -0.772. The topological polar surface area (TPSA) is 78.9 Å². The van der Waals surface area contributed by atoms with Gasteiger partial charge in [-0.25, -0.2) is 0 Å². The summed E-state index contributed by atoms with van der Waals surface area (Å²) >= 11 is 0. The van der Waals surface area contributed by atoms with E-state index in [0.717, 1.165) is 57.8 Å². The van der Waals surface area contributed by atoms with E-state index >= 15 is 0 Å². The molecule has 0 aliphatic carbocycles. The summed E-state index contributed by atoms with van der Waals surface area (Å²) in [5, 5.41) is 0. The lowest BCUT2D eigenvalue weighted by molar-refractivity contribution is -0.167. The van der Waals surface area contributed by atoms with Crippen LogP contribution in [0.15, 0.2) is 24.3 Å². The molecule has 0 aromatic carbocycles. The second kappa shape index (κ2) is 58.5. The summed E-state index contributed by atoms with van der Waals surface area (Å²) in [5.41, 5.74) is 0. The summed E-state index contributed by atoms with van der Waals surface area (Å²) in [7, 11) is 0. The average Bonchev–Trinajstić information content (AvgIpc) is 3.35. The third-order valence-corrected chi connectivity index (χ3v) is 13.9. The molecule has 0 aliphatic heterocycles. The van der Waals surface area contributed by atoms with E-state index in [0.29, 0.717) is 19.3 Å². The highest BCUT2D eigenvalue weighted by Crippen LogP contribution is 2.17. The van der Waals surface area contributed by atoms with Crippen molar-refractivity contribution in [3.63, 3.8) is 0 Å². The fourth-order valence-electron chi connectivity index (χ4n) is 9.26. The Bertz CT molecular complexity index is 1110. The molecule has 69 heavy (non-hydrogen) atoms. The van der Waals surface area contributed by atoms with Crippen LogP contribution in [-0.4, -0.2) is 37.2 Å². The summed E-state index contributed by atoms with van der Waals surface area (Å²) in [6.45, 7) is 6.68. The number of carbonyl (C=O) groups is 3. The molecule has 0 bridgehead atoms. The molecule has 0 aromatic heterocycles. The van der Waals surface area contributed by atoms with Crippen LogP contribution in [0.5, 0.6) is 0 Å². The van der Waals surface area contributed by atoms with Crippen LogP contribution in [0.3, 0.4) is 0 Å². The van der Waals surface area contributed by atoms with E-state index in [1.165, 1.54) is 244 Å². The second-order valence-corrected chi connectivity index (χ2v) is 21.0. The molecular formula is C63H118O6. The van der Waals surface area contributed by atoms with Crippen LogP contribution in [0.2, 0.25) is 0 Å². The van der Waals surface area contributed by atoms with Gasteiger partial charge in [0.2, 0.25) is 0 Å². The molecule has 0 spiro atoms. The highest BCUT2D eigenvalue weighted by molar-refractivity contribution is 5.71. The number of hydrogen-bond acceptors (Lipinski definition) is 6. The van der Waals surface area contributed by atoms with Gasteiger partial charge in [0.05, 0.1) is 0 Å². The van der Waals surface area contributed by atoms with Gasteiger partial charge in [0.1, 0.15) is 13.2 Å². The van der Waals surface area contributed by atoms with Crippen LogP contribution in [0.1, 0.15) is 342 Å². The van der Waals surface area contributed by atoms with E-state index in [1.807, 2.05) is 0 Å². The number of allylic oxidation sites excluding steroid dienone is 4. The Hall–Kier alpha value is -2.11. The SMILES string of the molecule is CCCCCCCC/C=C/CCCCCCCCCC(=O)OC[C@@H](COC(=O)CCCCCCCCCCCCCCCCCCC)OC(=O)CCCCCCCCC/C=C/CCCCCCCC. The predicted octanol–water partition coefficient (Wildman–Crippen LogP) is 20.7. The number of esters is 3. The first-order valence-electron chi connectivity index (χ1n) is 30.8. The maximum atomic E-state index is 12.9. The van der Waals surface area contributed by atoms with Gasteiger partial charge in [0.25, 0.3) is 0 Å². The van der Waals surface area contributed by atoms with Gasteiger partial charge >= 0.3 is 17.9 Å². The minimum absolute atomic E-state index is 0.0695. The van der Waals surface area contributed by atoms with Crippen molar-refractivity contribution in [2.75, 3.05) is 13.2 Å². The van der Waals surface area contributed by atoms with Gasteiger partial charge in [0.15, 0.2) is 6.10 Å². The summed E-state index contributed by atoms with van der Waals surface area (Å²) < 4.78 is 16.9. The molecule has 0 saturated heterocycles. The van der Waals surface area contributed by atoms with Crippen molar-refractivity contribution in [1.82, 2.24) is 0 Å². The van der Waals surface area contributed by atoms with Gasteiger partial charge in [-0.15, -0.1) is 0 Å². The minimum Gasteiger partial charge on any atom is -0.462 e. The van der Waals surface area contributed by atoms with Crippen LogP contribution in [0.4, 0.5) is 0 Å². The van der Waals surface area contributed by atoms with Crippen LogP contribution in [0.25, 0.3) is 0 Å². The summed E-state index contributed by atoms with van der Waals surface area (Å²) in [4.78, 5) is 38.2. The molecule has 0 N–H and O–H groups in total. The molecule has 0 unspecified atom stereocenters. The molecule has 6 heteroatoms. The van der Waals surface area contributed by atoms with Crippen molar-refractivity contribution < 1.29 is 28.6 Å². The van der Waals surface area contributed by atoms with E-state index in [-0.39, 0.29) is 31.1 Å². The molecule has 0 fully saturated rings. The first-order chi connectivity index (χ1) is 34.0. The highest BCUT2D eigenvalue weighted by Gasteiger charge is 2.19. The summed E-state index contributed by atoms with van der Waals surface area (Å²) in [6.07, 6.45) is 68.8. The lowest BCUT2D eigenvalue weighted by atomic mass is 10.0. The van der Waals surface area contributed by atoms with Crippen molar-refractivity contribution >= 4 is 17.9 Å². The monoisotopic (exact) mass is 971 g/mol. The maximum absolute atomic E-state index is 12.9. The molecule has 0 aromatic rings. The fourth-order valence-corrected chi connectivity index (χ4v) is 9.26. The average molecular weight is 972 g/mol. The molecule has 0 rings (SSSR count). The van der Waals surface area contributed by atoms with E-state index in [2.05, 4.69) is 45.1 Å². The molecule has 1 atom stereocenters. The largest absolute Gasteiger partial charge is 0.462 e. The lowest BCUT2D eigenvalue weighted by Gasteiger charge is -2.18. The fraction of sp³-hybridized carbons (Fsp3) is 0.889. The van der Waals surface area contributed by atoms with Gasteiger partial charge in [0, 0.05) is 19.3 Å². The number of ether oxygens (including phenoxy) is 3. The van der Waals surface area contributed by atoms with E-state index in [9.17, 15) is 14.4 Å². The zero-order valence-electron chi connectivity index (χ0n) is 46.6. The smallest absolute Gasteiger partial charge is 0.306 e. The second-order valence-electron chi connectivity index (χ2n) is 21.0. The van der Waals surface area contributed by atoms with Gasteiger partial charge < -0.3 is 14.2 Å². The molecule has 0 radical (unpaired) electrons. The molecule has 0 heterocycles. The van der Waals surface area contributed by atoms with Crippen LogP contribution in [0, 0.1) is 0 Å². The Labute approximate surface area is 430 Å². The van der Waals surface area contributed by atoms with Crippen molar-refractivity contribution in [3.05, 3.63) is 24.3 Å². The Morgan fingerprint density at radius 1 is 0.275 bits per heavy atom. The van der Waals surface area contributed by atoms with Gasteiger partial charge in [-0.3, -0.25) is 14.4 Å². The molecule has 406 valence electrons. The predicted molar refractivity (Wildman–Crippen MR) is 298 cm³/mol. The van der Waals surface area contributed by atoms with Crippen molar-refractivity contribution in [2.45, 2.75) is 348 Å². The normalized spacial score (nSPS) is 12.1. The molecule has 0 amide bonds. The maximum Gasteiger partial charge on any atom is 0.306 e. The Morgan fingerprint density at radius 2 is 0.478 bits per heavy atom. The van der Waals surface area contributed by atoms with Gasteiger partial charge in [-0.1, -0.05) is 276 Å². The summed E-state index contributed by atoms with van der Waals surface area (Å²) in [6, 6.07) is 0. The summed E-state index contributed by atoms with van der Waals surface area (Å²) in [5.74, 6) is -0.854. The van der Waals surface area contributed by atoms with E-state index in [4.69, 9.17) is 14.2 Å². The first-order valence-corrected chi connectivity index (χ1v) is 30.8. The van der Waals surface area contributed by atoms with Gasteiger partial charge in [-0.2, -0.15) is 0 Å². The van der Waals surface area contributed by atoms with Crippen LogP contribution < -0.4 is 0 Å². The third-order valence-electron chi connectivity index (χ3n) is 13.9. The standard InChI is InChI=1S/C63H118O6/c1-4-7-10-13-16-19-22-25-28-31-34-37-40-43-46-49-52-55-61(64)67-58-60(69-63(66)57-54-51-48-45-42-39-36-33-30-27-24-21-18-15-12-9-6-3)59-68-62(65)56-53-50-47-44-41-38-35-32-29-26-23-20-17-14-11-8-5-2/h25,27-28,30,60H,4-24,26,29,31-59H2,1-3H3/b28-25+,30-27+/t60-/m0/s1. The van der Waals surface area contributed by atoms with Crippen molar-refractivity contribution in [3.8, 4) is 0 Å².